The Hall–Kier alpha value is -2.87. The number of nitrogens with zero attached hydrogens (tertiary/aromatic N) is 1. The molecule has 1 heterocycles. The highest BCUT2D eigenvalue weighted by molar-refractivity contribution is 7.80. The molecule has 0 spiro atoms. The highest BCUT2D eigenvalue weighted by atomic mass is 32.1. The molecule has 6 nitrogen and oxygen atoms in total. The molecular formula is C18H15FN2O4S. The van der Waals surface area contributed by atoms with E-state index in [0.29, 0.717) is 5.75 Å². The van der Waals surface area contributed by atoms with E-state index in [9.17, 15) is 18.8 Å². The van der Waals surface area contributed by atoms with E-state index in [1.165, 1.54) is 24.3 Å². The minimum Gasteiger partial charge on any atom is -0.489 e. The van der Waals surface area contributed by atoms with E-state index in [-0.39, 0.29) is 29.3 Å². The molecule has 0 unspecified atom stereocenters. The number of benzene rings is 2. The SMILES string of the molecule is NC(=O)[C@@H](CS)N1C(=O)c2ccc(OCc3ccc(F)cc3)cc2C1=O. The minimum atomic E-state index is -1.12. The Morgan fingerprint density at radius 1 is 1.12 bits per heavy atom. The monoisotopic (exact) mass is 374 g/mol. The van der Waals surface area contributed by atoms with E-state index < -0.39 is 23.8 Å². The second kappa shape index (κ2) is 7.17. The molecule has 1 aliphatic rings. The van der Waals surface area contributed by atoms with Gasteiger partial charge in [0, 0.05) is 5.75 Å². The van der Waals surface area contributed by atoms with Crippen LogP contribution in [0.25, 0.3) is 0 Å². The van der Waals surface area contributed by atoms with E-state index in [0.717, 1.165) is 10.5 Å². The van der Waals surface area contributed by atoms with Gasteiger partial charge in [0.25, 0.3) is 11.8 Å². The van der Waals surface area contributed by atoms with Crippen LogP contribution in [0, 0.1) is 5.82 Å². The van der Waals surface area contributed by atoms with E-state index in [4.69, 9.17) is 10.5 Å². The van der Waals surface area contributed by atoms with Crippen LogP contribution in [0.3, 0.4) is 0 Å². The third kappa shape index (κ3) is 3.28. The maximum absolute atomic E-state index is 12.9. The van der Waals surface area contributed by atoms with Gasteiger partial charge in [-0.1, -0.05) is 12.1 Å². The molecule has 134 valence electrons. The minimum absolute atomic E-state index is 0.0608. The molecule has 0 saturated heterocycles. The Morgan fingerprint density at radius 3 is 2.38 bits per heavy atom. The van der Waals surface area contributed by atoms with Crippen LogP contribution in [0.15, 0.2) is 42.5 Å². The van der Waals surface area contributed by atoms with E-state index >= 15 is 0 Å². The molecule has 3 rings (SSSR count). The molecule has 8 heteroatoms. The molecule has 0 aromatic heterocycles. The Balaban J connectivity index is 1.80. The van der Waals surface area contributed by atoms with Crippen molar-refractivity contribution in [1.82, 2.24) is 4.90 Å². The summed E-state index contributed by atoms with van der Waals surface area (Å²) in [6.07, 6.45) is 0. The van der Waals surface area contributed by atoms with Crippen LogP contribution in [0.4, 0.5) is 4.39 Å². The Bertz CT molecular complexity index is 885. The van der Waals surface area contributed by atoms with Crippen LogP contribution in [-0.2, 0) is 11.4 Å². The van der Waals surface area contributed by atoms with Gasteiger partial charge in [0.2, 0.25) is 5.91 Å². The fourth-order valence-electron chi connectivity index (χ4n) is 2.66. The molecule has 0 radical (unpaired) electrons. The lowest BCUT2D eigenvalue weighted by atomic mass is 10.1. The van der Waals surface area contributed by atoms with Crippen LogP contribution < -0.4 is 10.5 Å². The number of carbonyl (C=O) groups excluding carboxylic acids is 3. The summed E-state index contributed by atoms with van der Waals surface area (Å²) in [6, 6.07) is 9.16. The lowest BCUT2D eigenvalue weighted by Gasteiger charge is -2.21. The van der Waals surface area contributed by atoms with Gasteiger partial charge in [-0.25, -0.2) is 4.39 Å². The normalized spacial score (nSPS) is 14.3. The lowest BCUT2D eigenvalue weighted by Crippen LogP contribution is -2.48. The second-order valence-electron chi connectivity index (χ2n) is 5.70. The van der Waals surface area contributed by atoms with Crippen molar-refractivity contribution < 1.29 is 23.5 Å². The molecule has 2 aromatic carbocycles. The zero-order valence-corrected chi connectivity index (χ0v) is 14.4. The number of rotatable bonds is 6. The Kier molecular flexibility index (Phi) is 4.94. The van der Waals surface area contributed by atoms with Crippen LogP contribution in [0.1, 0.15) is 26.3 Å². The molecule has 3 amide bonds. The summed E-state index contributed by atoms with van der Waals surface area (Å²) in [6.45, 7) is 0.172. The van der Waals surface area contributed by atoms with Crippen molar-refractivity contribution in [3.8, 4) is 5.75 Å². The molecule has 0 aliphatic carbocycles. The maximum atomic E-state index is 12.9. The summed E-state index contributed by atoms with van der Waals surface area (Å²) in [5.41, 5.74) is 6.32. The molecule has 1 atom stereocenters. The standard InChI is InChI=1S/C18H15FN2O4S/c19-11-3-1-10(2-4-11)8-25-12-5-6-13-14(7-12)18(24)21(17(13)23)15(9-26)16(20)22/h1-7,15,26H,8-9H2,(H2,20,22)/t15-/m1/s1. The molecule has 2 aromatic rings. The van der Waals surface area contributed by atoms with Gasteiger partial charge in [-0.15, -0.1) is 0 Å². The number of fused-ring (bicyclic) bond motifs is 1. The van der Waals surface area contributed by atoms with Crippen molar-refractivity contribution in [2.75, 3.05) is 5.75 Å². The first-order chi connectivity index (χ1) is 12.4. The molecule has 0 saturated carbocycles. The summed E-state index contributed by atoms with van der Waals surface area (Å²) in [5.74, 6) is -2.04. The van der Waals surface area contributed by atoms with Crippen molar-refractivity contribution in [3.05, 3.63) is 65.0 Å². The smallest absolute Gasteiger partial charge is 0.262 e. The number of imide groups is 1. The number of hydrogen-bond donors (Lipinski definition) is 2. The van der Waals surface area contributed by atoms with Crippen molar-refractivity contribution in [1.29, 1.82) is 0 Å². The maximum Gasteiger partial charge on any atom is 0.262 e. The van der Waals surface area contributed by atoms with Gasteiger partial charge in [0.05, 0.1) is 11.1 Å². The largest absolute Gasteiger partial charge is 0.489 e. The Labute approximate surface area is 154 Å². The average Bonchev–Trinajstić information content (AvgIpc) is 2.86. The third-order valence-electron chi connectivity index (χ3n) is 4.02. The predicted molar refractivity (Wildman–Crippen MR) is 94.5 cm³/mol. The van der Waals surface area contributed by atoms with Gasteiger partial charge in [0.1, 0.15) is 24.2 Å². The number of halogens is 1. The highest BCUT2D eigenvalue weighted by Crippen LogP contribution is 2.29. The Morgan fingerprint density at radius 2 is 1.77 bits per heavy atom. The summed E-state index contributed by atoms with van der Waals surface area (Å²) in [7, 11) is 0. The lowest BCUT2D eigenvalue weighted by molar-refractivity contribution is -0.121. The van der Waals surface area contributed by atoms with Crippen LogP contribution >= 0.6 is 12.6 Å². The first-order valence-electron chi connectivity index (χ1n) is 7.71. The number of primary amides is 1. The molecule has 1 aliphatic heterocycles. The van der Waals surface area contributed by atoms with Crippen LogP contribution in [0.5, 0.6) is 5.75 Å². The summed E-state index contributed by atoms with van der Waals surface area (Å²) >= 11 is 3.99. The van der Waals surface area contributed by atoms with Gasteiger partial charge in [-0.05, 0) is 35.9 Å². The fraction of sp³-hybridized carbons (Fsp3) is 0.167. The molecule has 2 N–H and O–H groups in total. The number of thiol groups is 1. The quantitative estimate of drug-likeness (QED) is 0.596. The number of hydrogen-bond acceptors (Lipinski definition) is 5. The van der Waals surface area contributed by atoms with Gasteiger partial charge < -0.3 is 10.5 Å². The van der Waals surface area contributed by atoms with Crippen LogP contribution in [-0.4, -0.2) is 34.4 Å². The zero-order valence-electron chi connectivity index (χ0n) is 13.5. The third-order valence-corrected chi connectivity index (χ3v) is 4.37. The molecule has 0 bridgehead atoms. The number of amides is 3. The van der Waals surface area contributed by atoms with Gasteiger partial charge >= 0.3 is 0 Å². The molecular weight excluding hydrogens is 359 g/mol. The van der Waals surface area contributed by atoms with Crippen molar-refractivity contribution in [2.24, 2.45) is 5.73 Å². The molecule has 26 heavy (non-hydrogen) atoms. The number of ether oxygens (including phenoxy) is 1. The first-order valence-corrected chi connectivity index (χ1v) is 8.35. The topological polar surface area (TPSA) is 89.7 Å². The predicted octanol–water partition coefficient (Wildman–Crippen LogP) is 1.78. The highest BCUT2D eigenvalue weighted by Gasteiger charge is 2.41. The van der Waals surface area contributed by atoms with E-state index in [2.05, 4.69) is 12.6 Å². The van der Waals surface area contributed by atoms with Gasteiger partial charge in [-0.2, -0.15) is 12.6 Å². The fourth-order valence-corrected chi connectivity index (χ4v) is 3.00. The van der Waals surface area contributed by atoms with Crippen molar-refractivity contribution in [2.45, 2.75) is 12.6 Å². The summed E-state index contributed by atoms with van der Waals surface area (Å²) in [5, 5.41) is 0. The summed E-state index contributed by atoms with van der Waals surface area (Å²) in [4.78, 5) is 37.3. The zero-order chi connectivity index (χ0) is 18.8. The second-order valence-corrected chi connectivity index (χ2v) is 6.07. The number of carbonyl (C=O) groups is 3. The first kappa shape index (κ1) is 17.9. The number of nitrogens with two attached hydrogens (primary N) is 1. The van der Waals surface area contributed by atoms with Crippen molar-refractivity contribution >= 4 is 30.4 Å². The average molecular weight is 374 g/mol. The molecule has 0 fully saturated rings. The van der Waals surface area contributed by atoms with Crippen molar-refractivity contribution in [3.63, 3.8) is 0 Å². The van der Waals surface area contributed by atoms with Gasteiger partial charge in [0.15, 0.2) is 0 Å². The van der Waals surface area contributed by atoms with E-state index in [1.807, 2.05) is 0 Å². The summed E-state index contributed by atoms with van der Waals surface area (Å²) < 4.78 is 18.5. The van der Waals surface area contributed by atoms with Gasteiger partial charge in [-0.3, -0.25) is 19.3 Å². The van der Waals surface area contributed by atoms with Crippen LogP contribution in [0.2, 0.25) is 0 Å². The van der Waals surface area contributed by atoms with E-state index in [1.54, 1.807) is 18.2 Å².